The predicted molar refractivity (Wildman–Crippen MR) is 123 cm³/mol. The van der Waals surface area contributed by atoms with Gasteiger partial charge in [-0.1, -0.05) is 0 Å². The molecule has 0 saturated carbocycles. The second-order valence-corrected chi connectivity index (χ2v) is 11.1. The summed E-state index contributed by atoms with van der Waals surface area (Å²) in [6.07, 6.45) is 2.61. The van der Waals surface area contributed by atoms with Crippen molar-refractivity contribution < 1.29 is 30.4 Å². The normalized spacial score (nSPS) is 12.3. The van der Waals surface area contributed by atoms with Crippen LogP contribution >= 0.6 is 8.25 Å². The van der Waals surface area contributed by atoms with Crippen LogP contribution in [0.5, 0.6) is 11.5 Å². The number of rotatable bonds is 8. The summed E-state index contributed by atoms with van der Waals surface area (Å²) >= 11 is 0. The van der Waals surface area contributed by atoms with Gasteiger partial charge in [-0.2, -0.15) is 9.66 Å². The van der Waals surface area contributed by atoms with Gasteiger partial charge < -0.3 is 9.05 Å². The molecule has 2 aromatic carbocycles. The number of nitrogens with zero attached hydrogens (tertiary/aromatic N) is 2. The lowest BCUT2D eigenvalue weighted by Crippen LogP contribution is -2.30. The quantitative estimate of drug-likeness (QED) is 0.145. The maximum Gasteiger partial charge on any atom is 0.419 e. The minimum atomic E-state index is -3.87. The fourth-order valence-electron chi connectivity index (χ4n) is 2.97. The summed E-state index contributed by atoms with van der Waals surface area (Å²) < 4.78 is 70.6. The summed E-state index contributed by atoms with van der Waals surface area (Å²) in [5.74, 6) is 10.2. The van der Waals surface area contributed by atoms with E-state index in [1.54, 1.807) is 9.66 Å². The van der Waals surface area contributed by atoms with Crippen LogP contribution in [0, 0.1) is 0 Å². The second kappa shape index (κ2) is 9.23. The number of hydrazine groups is 2. The molecule has 0 bridgehead atoms. The first-order valence-electron chi connectivity index (χ1n) is 9.25. The number of sulfonamides is 2. The Labute approximate surface area is 194 Å². The summed E-state index contributed by atoms with van der Waals surface area (Å²) in [4.78, 5) is 11.6. The standard InChI is InChI=1S/C18H17N6O7PS2/c19-23-33(26,27)15-1-3-17-11(7-15)5-13(9-21-17)30-32(25)31-14-6-12-8-16(34(28,29)24-20)2-4-18(12)22-10-14/h1-10,23-24,32H,19-20H2. The zero-order valence-electron chi connectivity index (χ0n) is 17.0. The lowest BCUT2D eigenvalue weighted by molar-refractivity contribution is 0.415. The minimum absolute atomic E-state index is 0.0720. The Morgan fingerprint density at radius 1 is 0.706 bits per heavy atom. The lowest BCUT2D eigenvalue weighted by Gasteiger charge is -2.10. The molecule has 2 heterocycles. The second-order valence-electron chi connectivity index (χ2n) is 6.75. The van der Waals surface area contributed by atoms with Gasteiger partial charge in [-0.25, -0.2) is 21.4 Å². The molecule has 0 amide bonds. The van der Waals surface area contributed by atoms with E-state index in [0.717, 1.165) is 0 Å². The summed E-state index contributed by atoms with van der Waals surface area (Å²) in [6, 6.07) is 11.2. The van der Waals surface area contributed by atoms with Gasteiger partial charge in [0, 0.05) is 10.8 Å². The van der Waals surface area contributed by atoms with Crippen molar-refractivity contribution in [2.45, 2.75) is 9.79 Å². The van der Waals surface area contributed by atoms with E-state index < -0.39 is 28.3 Å². The van der Waals surface area contributed by atoms with Crippen LogP contribution in [-0.2, 0) is 24.6 Å². The van der Waals surface area contributed by atoms with Crippen LogP contribution in [0.2, 0.25) is 0 Å². The van der Waals surface area contributed by atoms with Gasteiger partial charge in [0.25, 0.3) is 20.0 Å². The predicted octanol–water partition coefficient (Wildman–Crippen LogP) is 0.934. The highest BCUT2D eigenvalue weighted by atomic mass is 32.2. The van der Waals surface area contributed by atoms with E-state index >= 15 is 0 Å². The fraction of sp³-hybridized carbons (Fsp3) is 0. The van der Waals surface area contributed by atoms with Gasteiger partial charge >= 0.3 is 8.25 Å². The molecule has 178 valence electrons. The van der Waals surface area contributed by atoms with Gasteiger partial charge in [0.2, 0.25) is 0 Å². The molecule has 4 rings (SSSR count). The number of aromatic nitrogens is 2. The molecule has 0 saturated heterocycles. The molecule has 2 aromatic heterocycles. The van der Waals surface area contributed by atoms with Crippen molar-refractivity contribution in [2.24, 2.45) is 11.7 Å². The fourth-order valence-corrected chi connectivity index (χ4v) is 4.95. The van der Waals surface area contributed by atoms with Crippen LogP contribution in [0.25, 0.3) is 21.8 Å². The van der Waals surface area contributed by atoms with Crippen LogP contribution in [0.1, 0.15) is 0 Å². The van der Waals surface area contributed by atoms with E-state index in [0.29, 0.717) is 21.8 Å². The van der Waals surface area contributed by atoms with E-state index in [9.17, 15) is 21.4 Å². The lowest BCUT2D eigenvalue weighted by atomic mass is 10.2. The number of benzene rings is 2. The number of fused-ring (bicyclic) bond motifs is 2. The van der Waals surface area contributed by atoms with Gasteiger partial charge in [0.1, 0.15) is 11.5 Å². The molecular weight excluding hydrogens is 507 g/mol. The molecule has 34 heavy (non-hydrogen) atoms. The topological polar surface area (TPSA) is 206 Å². The third kappa shape index (κ3) is 5.00. The SMILES string of the molecule is NNS(=O)(=O)c1ccc2ncc(O[PH](=O)Oc3cnc4ccc(S(=O)(=O)NN)cc4c3)cc2c1. The highest BCUT2D eigenvalue weighted by molar-refractivity contribution is 7.89. The van der Waals surface area contributed by atoms with Crippen molar-refractivity contribution >= 4 is 50.1 Å². The summed E-state index contributed by atoms with van der Waals surface area (Å²) in [7, 11) is -10.9. The molecule has 0 fully saturated rings. The largest absolute Gasteiger partial charge is 0.419 e. The molecule has 6 N–H and O–H groups in total. The monoisotopic (exact) mass is 524 g/mol. The summed E-state index contributed by atoms with van der Waals surface area (Å²) in [5, 5.41) is 0.802. The molecule has 0 atom stereocenters. The molecule has 0 unspecified atom stereocenters. The first kappa shape index (κ1) is 24.0. The summed E-state index contributed by atoms with van der Waals surface area (Å²) in [5.41, 5.74) is 0.945. The van der Waals surface area contributed by atoms with Gasteiger partial charge in [-0.05, 0) is 48.5 Å². The Hall–Kier alpha value is -3.17. The Balaban J connectivity index is 1.56. The van der Waals surface area contributed by atoms with Crippen molar-refractivity contribution in [2.75, 3.05) is 0 Å². The smallest absolute Gasteiger partial charge is 0.416 e. The number of hydrogen-bond donors (Lipinski definition) is 4. The Bertz CT molecular complexity index is 1530. The van der Waals surface area contributed by atoms with E-state index in [4.69, 9.17) is 20.7 Å². The van der Waals surface area contributed by atoms with Gasteiger partial charge in [-0.3, -0.25) is 21.7 Å². The zero-order valence-corrected chi connectivity index (χ0v) is 19.6. The Kier molecular flexibility index (Phi) is 6.51. The number of pyridine rings is 2. The van der Waals surface area contributed by atoms with Crippen molar-refractivity contribution in [1.29, 1.82) is 0 Å². The Morgan fingerprint density at radius 3 is 1.50 bits per heavy atom. The molecule has 0 aliphatic carbocycles. The van der Waals surface area contributed by atoms with Crippen molar-refractivity contribution in [1.82, 2.24) is 19.6 Å². The average Bonchev–Trinajstić information content (AvgIpc) is 2.83. The van der Waals surface area contributed by atoms with Crippen LogP contribution in [0.3, 0.4) is 0 Å². The molecule has 0 aliphatic heterocycles. The van der Waals surface area contributed by atoms with E-state index in [1.807, 2.05) is 0 Å². The zero-order chi connectivity index (χ0) is 24.5. The molecule has 0 aliphatic rings. The molecule has 16 heteroatoms. The third-order valence-electron chi connectivity index (χ3n) is 4.59. The third-order valence-corrected chi connectivity index (χ3v) is 7.76. The highest BCUT2D eigenvalue weighted by Gasteiger charge is 2.15. The minimum Gasteiger partial charge on any atom is -0.416 e. The van der Waals surface area contributed by atoms with Crippen molar-refractivity contribution in [3.63, 3.8) is 0 Å². The van der Waals surface area contributed by atoms with Crippen LogP contribution in [0.15, 0.2) is 70.7 Å². The van der Waals surface area contributed by atoms with E-state index in [2.05, 4.69) is 9.97 Å². The number of nitrogens with two attached hydrogens (primary N) is 2. The Morgan fingerprint density at radius 2 is 1.12 bits per heavy atom. The molecule has 13 nitrogen and oxygen atoms in total. The molecule has 0 spiro atoms. The first-order chi connectivity index (χ1) is 16.1. The van der Waals surface area contributed by atoms with Gasteiger partial charge in [0.15, 0.2) is 0 Å². The maximum atomic E-state index is 12.4. The van der Waals surface area contributed by atoms with Crippen molar-refractivity contribution in [3.8, 4) is 11.5 Å². The van der Waals surface area contributed by atoms with Crippen LogP contribution in [0.4, 0.5) is 0 Å². The van der Waals surface area contributed by atoms with Crippen LogP contribution < -0.4 is 30.4 Å². The highest BCUT2D eigenvalue weighted by Crippen LogP contribution is 2.33. The number of nitrogens with one attached hydrogen (secondary N) is 2. The molecule has 4 aromatic rings. The van der Waals surface area contributed by atoms with Gasteiger partial charge in [-0.15, -0.1) is 0 Å². The number of hydrogen-bond acceptors (Lipinski definition) is 11. The van der Waals surface area contributed by atoms with E-state index in [1.165, 1.54) is 60.9 Å². The molecular formula is C18H17N6O7PS2. The average molecular weight is 524 g/mol. The summed E-state index contributed by atoms with van der Waals surface area (Å²) in [6.45, 7) is 0. The first-order valence-corrected chi connectivity index (χ1v) is 13.4. The van der Waals surface area contributed by atoms with Gasteiger partial charge in [0.05, 0.1) is 33.2 Å². The van der Waals surface area contributed by atoms with E-state index in [-0.39, 0.29) is 21.3 Å². The van der Waals surface area contributed by atoms with Crippen LogP contribution in [-0.4, -0.2) is 26.8 Å². The maximum absolute atomic E-state index is 12.4. The van der Waals surface area contributed by atoms with Crippen molar-refractivity contribution in [3.05, 3.63) is 60.9 Å². The molecule has 0 radical (unpaired) electrons.